The number of amides is 3. The minimum Gasteiger partial charge on any atom is -0.449 e. The van der Waals surface area contributed by atoms with Crippen molar-refractivity contribution in [3.8, 4) is 11.8 Å². The summed E-state index contributed by atoms with van der Waals surface area (Å²) < 4.78 is 18.9. The summed E-state index contributed by atoms with van der Waals surface area (Å²) in [5.74, 6) is 7.44. The van der Waals surface area contributed by atoms with E-state index in [4.69, 9.17) is 14.2 Å². The van der Waals surface area contributed by atoms with Gasteiger partial charge in [-0.05, 0) is 75.0 Å². The predicted octanol–water partition coefficient (Wildman–Crippen LogP) is 1.93. The van der Waals surface area contributed by atoms with Crippen LogP contribution in [0.15, 0.2) is 31.2 Å². The van der Waals surface area contributed by atoms with Crippen molar-refractivity contribution >= 4 is 49.8 Å². The van der Waals surface area contributed by atoms with Crippen LogP contribution in [0.3, 0.4) is 0 Å². The lowest BCUT2D eigenvalue weighted by atomic mass is 10.1. The van der Waals surface area contributed by atoms with Crippen molar-refractivity contribution in [1.29, 1.82) is 0 Å². The molecule has 0 radical (unpaired) electrons. The van der Waals surface area contributed by atoms with Gasteiger partial charge in [0.15, 0.2) is 0 Å². The average Bonchev–Trinajstić information content (AvgIpc) is 3.68. The number of rotatable bonds is 19. The van der Waals surface area contributed by atoms with Crippen molar-refractivity contribution in [3.63, 3.8) is 0 Å². The molecule has 1 unspecified atom stereocenters. The lowest BCUT2D eigenvalue weighted by molar-refractivity contribution is -0.121. The molecule has 2 aliphatic rings. The Labute approximate surface area is 279 Å². The number of nitrogens with one attached hydrogen (secondary N) is 3. The Morgan fingerprint density at radius 3 is 2.02 bits per heavy atom. The highest BCUT2D eigenvalue weighted by Crippen LogP contribution is 2.52. The highest BCUT2D eigenvalue weighted by molar-refractivity contribution is 9.13. The molecule has 0 bridgehead atoms. The van der Waals surface area contributed by atoms with Crippen LogP contribution in [-0.2, 0) is 36.9 Å². The van der Waals surface area contributed by atoms with Crippen LogP contribution < -0.4 is 27.1 Å². The van der Waals surface area contributed by atoms with Crippen LogP contribution in [0.5, 0.6) is 0 Å². The van der Waals surface area contributed by atoms with E-state index in [-0.39, 0.29) is 60.0 Å². The third-order valence-electron chi connectivity index (χ3n) is 7.61. The summed E-state index contributed by atoms with van der Waals surface area (Å²) >= 11 is 6.27. The van der Waals surface area contributed by atoms with Gasteiger partial charge in [-0.1, -0.05) is 6.58 Å². The van der Waals surface area contributed by atoms with Gasteiger partial charge in [0.2, 0.25) is 11.8 Å². The molecule has 3 N–H and O–H groups in total. The van der Waals surface area contributed by atoms with E-state index in [1.807, 2.05) is 0 Å². The van der Waals surface area contributed by atoms with Gasteiger partial charge in [-0.15, -0.1) is 11.8 Å². The Morgan fingerprint density at radius 1 is 0.844 bits per heavy atom. The van der Waals surface area contributed by atoms with Gasteiger partial charge in [0.05, 0.1) is 39.6 Å². The van der Waals surface area contributed by atoms with Gasteiger partial charge < -0.3 is 30.2 Å². The Balaban J connectivity index is 1.22. The number of ether oxygens (including phenoxy) is 3. The molecule has 3 atom stereocenters. The fourth-order valence-corrected chi connectivity index (χ4v) is 5.95. The Kier molecular flexibility index (Phi) is 15.9. The Bertz CT molecular complexity index is 1350. The van der Waals surface area contributed by atoms with E-state index in [0.717, 1.165) is 31.8 Å². The smallest absolute Gasteiger partial charge is 0.407 e. The van der Waals surface area contributed by atoms with Crippen molar-refractivity contribution in [2.24, 2.45) is 17.8 Å². The monoisotopic (exact) mass is 757 g/mol. The standard InChI is InChI=1S/C30H41Br2N5O8/c1-2-24(38)33-11-7-14-36-28(40)26(31)27(32)29(41)37(36)15-10-25(39)34-12-16-43-18-19-44-17-13-35-30(42)45-20-23-21-8-5-3-4-6-9-22(21)23/h2,21-23H,1,5-20H2,(H,33,38)(H,34,39)(H,35,42)/t21-,22+,23?. The van der Waals surface area contributed by atoms with Crippen molar-refractivity contribution in [2.45, 2.75) is 51.6 Å². The zero-order valence-electron chi connectivity index (χ0n) is 25.2. The zero-order chi connectivity index (χ0) is 32.6. The fraction of sp³-hybridized carbons (Fsp3) is 0.633. The van der Waals surface area contributed by atoms with Crippen LogP contribution in [0.2, 0.25) is 0 Å². The van der Waals surface area contributed by atoms with Crippen LogP contribution in [0.1, 0.15) is 38.5 Å². The van der Waals surface area contributed by atoms with Crippen LogP contribution in [0, 0.1) is 29.6 Å². The van der Waals surface area contributed by atoms with Crippen molar-refractivity contribution in [2.75, 3.05) is 52.7 Å². The fourth-order valence-electron chi connectivity index (χ4n) is 5.20. The predicted molar refractivity (Wildman–Crippen MR) is 174 cm³/mol. The molecule has 45 heavy (non-hydrogen) atoms. The summed E-state index contributed by atoms with van der Waals surface area (Å²) in [5, 5.41) is 8.03. The van der Waals surface area contributed by atoms with E-state index < -0.39 is 17.2 Å². The average molecular weight is 759 g/mol. The van der Waals surface area contributed by atoms with Crippen LogP contribution in [0.25, 0.3) is 0 Å². The van der Waals surface area contributed by atoms with Gasteiger partial charge in [-0.25, -0.2) is 14.2 Å². The lowest BCUT2D eigenvalue weighted by Crippen LogP contribution is -2.41. The third kappa shape index (κ3) is 12.1. The molecule has 3 rings (SSSR count). The molecule has 0 aromatic carbocycles. The van der Waals surface area contributed by atoms with Crippen molar-refractivity contribution < 1.29 is 28.6 Å². The van der Waals surface area contributed by atoms with Gasteiger partial charge in [-0.2, -0.15) is 0 Å². The quantitative estimate of drug-likeness (QED) is 0.110. The number of fused-ring (bicyclic) bond motifs is 1. The van der Waals surface area contributed by atoms with E-state index in [9.17, 15) is 24.0 Å². The number of nitrogens with zero attached hydrogens (tertiary/aromatic N) is 2. The van der Waals surface area contributed by atoms with Gasteiger partial charge in [0.1, 0.15) is 8.95 Å². The van der Waals surface area contributed by atoms with E-state index in [1.165, 1.54) is 9.36 Å². The second-order valence-corrected chi connectivity index (χ2v) is 12.2. The molecular weight excluding hydrogens is 718 g/mol. The van der Waals surface area contributed by atoms with E-state index >= 15 is 0 Å². The number of alkyl carbamates (subject to hydrolysis) is 1. The molecular formula is C30H41Br2N5O8. The molecule has 13 nitrogen and oxygen atoms in total. The number of hydrogen-bond acceptors (Lipinski definition) is 8. The molecule has 0 spiro atoms. The van der Waals surface area contributed by atoms with Crippen molar-refractivity contribution in [1.82, 2.24) is 25.3 Å². The van der Waals surface area contributed by atoms with Gasteiger partial charge in [-0.3, -0.25) is 19.2 Å². The highest BCUT2D eigenvalue weighted by atomic mass is 79.9. The molecule has 1 heterocycles. The van der Waals surface area contributed by atoms with E-state index in [0.29, 0.717) is 57.1 Å². The Hall–Kier alpha value is -2.93. The maximum Gasteiger partial charge on any atom is 0.407 e. The van der Waals surface area contributed by atoms with Gasteiger partial charge in [0, 0.05) is 45.4 Å². The largest absolute Gasteiger partial charge is 0.449 e. The minimum atomic E-state index is -0.461. The maximum absolute atomic E-state index is 12.8. The van der Waals surface area contributed by atoms with E-state index in [1.54, 1.807) is 0 Å². The molecule has 0 aliphatic heterocycles. The molecule has 3 amide bonds. The molecule has 15 heteroatoms. The normalized spacial score (nSPS) is 18.3. The third-order valence-corrected chi connectivity index (χ3v) is 9.62. The maximum atomic E-state index is 12.8. The molecule has 0 saturated heterocycles. The topological polar surface area (TPSA) is 159 Å². The number of aromatic nitrogens is 2. The number of hydrogen-bond donors (Lipinski definition) is 3. The molecule has 2 aliphatic carbocycles. The summed E-state index contributed by atoms with van der Waals surface area (Å²) in [7, 11) is 0. The zero-order valence-corrected chi connectivity index (χ0v) is 28.4. The summed E-state index contributed by atoms with van der Waals surface area (Å²) in [6, 6.07) is 0. The molecule has 1 aromatic heterocycles. The molecule has 1 fully saturated rings. The Morgan fingerprint density at radius 2 is 1.42 bits per heavy atom. The second-order valence-electron chi connectivity index (χ2n) is 10.6. The summed E-state index contributed by atoms with van der Waals surface area (Å²) in [4.78, 5) is 61.2. The van der Waals surface area contributed by atoms with Crippen LogP contribution in [-0.4, -0.2) is 79.9 Å². The summed E-state index contributed by atoms with van der Waals surface area (Å²) in [6.45, 7) is 6.08. The summed E-state index contributed by atoms with van der Waals surface area (Å²) in [6.07, 6.45) is 5.12. The summed E-state index contributed by atoms with van der Waals surface area (Å²) in [5.41, 5.74) is -0.895. The van der Waals surface area contributed by atoms with Gasteiger partial charge >= 0.3 is 6.09 Å². The first-order valence-electron chi connectivity index (χ1n) is 15.1. The number of carbonyl (C=O) groups is 3. The van der Waals surface area contributed by atoms with Gasteiger partial charge in [0.25, 0.3) is 11.1 Å². The lowest BCUT2D eigenvalue weighted by Gasteiger charge is -2.17. The first kappa shape index (κ1) is 36.5. The molecule has 248 valence electrons. The van der Waals surface area contributed by atoms with Crippen LogP contribution >= 0.6 is 31.9 Å². The SMILES string of the molecule is C=CC(=O)NCCCn1c(=O)c(Br)c(Br)c(=O)n1CCC(=O)NCCOCCOCCNC(=O)OCC1[C@H]2CCC#CCC[C@@H]12. The highest BCUT2D eigenvalue weighted by Gasteiger charge is 2.49. The minimum absolute atomic E-state index is 0.0157. The second kappa shape index (κ2) is 19.6. The number of carbonyl (C=O) groups excluding carboxylic acids is 3. The first-order chi connectivity index (χ1) is 21.7. The first-order valence-corrected chi connectivity index (χ1v) is 16.7. The van der Waals surface area contributed by atoms with Crippen molar-refractivity contribution in [3.05, 3.63) is 42.3 Å². The molecule has 1 saturated carbocycles. The van der Waals surface area contributed by atoms with E-state index in [2.05, 4.69) is 66.2 Å². The van der Waals surface area contributed by atoms with Crippen LogP contribution in [0.4, 0.5) is 4.79 Å². The number of halogens is 2. The molecule has 1 aromatic rings.